The molecule has 4 N–H and O–H groups in total. The van der Waals surface area contributed by atoms with Crippen LogP contribution in [0.15, 0.2) is 60.9 Å². The van der Waals surface area contributed by atoms with E-state index in [1.807, 2.05) is 36.4 Å². The molecule has 0 saturated heterocycles. The van der Waals surface area contributed by atoms with Crippen molar-refractivity contribution in [3.63, 3.8) is 0 Å². The topological polar surface area (TPSA) is 151 Å². The monoisotopic (exact) mass is 476 g/mol. The summed E-state index contributed by atoms with van der Waals surface area (Å²) in [5.41, 5.74) is 4.51. The van der Waals surface area contributed by atoms with E-state index < -0.39 is 30.1 Å². The summed E-state index contributed by atoms with van der Waals surface area (Å²) in [5, 5.41) is 23.3. The number of alkyl carbamates (subject to hydrolysis) is 1. The van der Waals surface area contributed by atoms with Crippen molar-refractivity contribution in [2.45, 2.75) is 31.5 Å². The fourth-order valence-electron chi connectivity index (χ4n) is 3.98. The maximum absolute atomic E-state index is 12.3. The number of benzene rings is 2. The molecule has 2 unspecified atom stereocenters. The molecular weight excluding hydrogens is 452 g/mol. The van der Waals surface area contributed by atoms with Crippen LogP contribution in [0.3, 0.4) is 0 Å². The van der Waals surface area contributed by atoms with Crippen molar-refractivity contribution in [2.24, 2.45) is 0 Å². The molecule has 1 aliphatic carbocycles. The molecule has 0 radical (unpaired) electrons. The molecule has 2 atom stereocenters. The van der Waals surface area contributed by atoms with Gasteiger partial charge in [-0.15, -0.1) is 0 Å². The van der Waals surface area contributed by atoms with Crippen LogP contribution in [0.5, 0.6) is 0 Å². The van der Waals surface area contributed by atoms with Crippen molar-refractivity contribution in [1.29, 1.82) is 0 Å². The van der Waals surface area contributed by atoms with Crippen LogP contribution in [-0.2, 0) is 16.1 Å². The van der Waals surface area contributed by atoms with Gasteiger partial charge in [0.15, 0.2) is 6.04 Å². The van der Waals surface area contributed by atoms with Gasteiger partial charge in [-0.3, -0.25) is 4.79 Å². The zero-order chi connectivity index (χ0) is 24.9. The fourth-order valence-corrected chi connectivity index (χ4v) is 3.98. The number of carboxylic acids is 1. The quantitative estimate of drug-likeness (QED) is 0.386. The molecule has 0 saturated carbocycles. The summed E-state index contributed by atoms with van der Waals surface area (Å²) in [6, 6.07) is 14.6. The van der Waals surface area contributed by atoms with Gasteiger partial charge in [0.2, 0.25) is 0 Å². The lowest BCUT2D eigenvalue weighted by molar-refractivity contribution is -0.141. The number of fused-ring (bicyclic) bond motifs is 3. The largest absolute Gasteiger partial charge is 0.480 e. The molecule has 10 nitrogen and oxygen atoms in total. The van der Waals surface area contributed by atoms with Crippen LogP contribution in [0.2, 0.25) is 0 Å². The minimum absolute atomic E-state index is 0.0155. The lowest BCUT2D eigenvalue weighted by atomic mass is 9.98. The first-order valence-corrected chi connectivity index (χ1v) is 11.0. The van der Waals surface area contributed by atoms with Crippen molar-refractivity contribution in [3.8, 4) is 11.1 Å². The highest BCUT2D eigenvalue weighted by Crippen LogP contribution is 2.44. The summed E-state index contributed by atoms with van der Waals surface area (Å²) in [6.45, 7) is 1.41. The number of nitrogens with one attached hydrogen (secondary N) is 2. The van der Waals surface area contributed by atoms with Crippen LogP contribution in [-0.4, -0.2) is 56.9 Å². The Morgan fingerprint density at radius 1 is 1.00 bits per heavy atom. The van der Waals surface area contributed by atoms with Gasteiger partial charge in [-0.25, -0.2) is 19.6 Å². The van der Waals surface area contributed by atoms with Crippen molar-refractivity contribution in [3.05, 3.63) is 83.4 Å². The number of aromatic nitrogens is 2. The number of carboxylic acid groups (broad SMARTS) is 1. The van der Waals surface area contributed by atoms with Gasteiger partial charge in [-0.1, -0.05) is 48.5 Å². The smallest absolute Gasteiger partial charge is 0.407 e. The molecule has 3 aromatic rings. The van der Waals surface area contributed by atoms with Crippen LogP contribution in [0.4, 0.5) is 4.79 Å². The highest BCUT2D eigenvalue weighted by Gasteiger charge is 2.29. The summed E-state index contributed by atoms with van der Waals surface area (Å²) in [7, 11) is 0. The molecule has 180 valence electrons. The molecule has 0 aliphatic heterocycles. The van der Waals surface area contributed by atoms with Gasteiger partial charge in [-0.05, 0) is 29.2 Å². The third kappa shape index (κ3) is 5.28. The van der Waals surface area contributed by atoms with E-state index in [-0.39, 0.29) is 30.5 Å². The lowest BCUT2D eigenvalue weighted by Gasteiger charge is -2.16. The molecular formula is C25H24N4O6. The van der Waals surface area contributed by atoms with E-state index in [9.17, 15) is 19.5 Å². The first-order chi connectivity index (χ1) is 16.8. The predicted molar refractivity (Wildman–Crippen MR) is 125 cm³/mol. The number of carbonyl (C=O) groups excluding carboxylic acids is 2. The van der Waals surface area contributed by atoms with Crippen LogP contribution in [0, 0.1) is 0 Å². The Morgan fingerprint density at radius 2 is 1.57 bits per heavy atom. The van der Waals surface area contributed by atoms with Gasteiger partial charge in [0, 0.05) is 18.3 Å². The van der Waals surface area contributed by atoms with Gasteiger partial charge in [0.25, 0.3) is 5.91 Å². The number of aliphatic carboxylic acids is 1. The summed E-state index contributed by atoms with van der Waals surface area (Å²) >= 11 is 0. The average Bonchev–Trinajstić information content (AvgIpc) is 3.18. The van der Waals surface area contributed by atoms with E-state index in [1.165, 1.54) is 19.3 Å². The molecule has 1 heterocycles. The minimum Gasteiger partial charge on any atom is -0.480 e. The Labute approximate surface area is 201 Å². The number of hydrogen-bond donors (Lipinski definition) is 4. The SMILES string of the molecule is CC(O)C(NC(=O)c1cnc(CNC(=O)OCC2c3ccccc3-c3ccccc32)nc1)C(=O)O. The fraction of sp³-hybridized carbons (Fsp3) is 0.240. The Hall–Kier alpha value is -4.31. The summed E-state index contributed by atoms with van der Waals surface area (Å²) in [4.78, 5) is 43.6. The summed E-state index contributed by atoms with van der Waals surface area (Å²) in [5.74, 6) is -1.92. The minimum atomic E-state index is -1.46. The maximum Gasteiger partial charge on any atom is 0.407 e. The van der Waals surface area contributed by atoms with E-state index >= 15 is 0 Å². The van der Waals surface area contributed by atoms with E-state index in [1.54, 1.807) is 0 Å². The molecule has 4 rings (SSSR count). The zero-order valence-electron chi connectivity index (χ0n) is 18.8. The van der Waals surface area contributed by atoms with Crippen molar-refractivity contribution >= 4 is 18.0 Å². The number of ether oxygens (including phenoxy) is 1. The Kier molecular flexibility index (Phi) is 7.02. The number of hydrogen-bond acceptors (Lipinski definition) is 7. The Balaban J connectivity index is 1.30. The second-order valence-electron chi connectivity index (χ2n) is 8.10. The van der Waals surface area contributed by atoms with Gasteiger partial charge in [-0.2, -0.15) is 0 Å². The van der Waals surface area contributed by atoms with Crippen molar-refractivity contribution in [1.82, 2.24) is 20.6 Å². The van der Waals surface area contributed by atoms with Gasteiger partial charge in [0.05, 0.1) is 18.2 Å². The lowest BCUT2D eigenvalue weighted by Crippen LogP contribution is -2.47. The highest BCUT2D eigenvalue weighted by atomic mass is 16.5. The van der Waals surface area contributed by atoms with Crippen LogP contribution in [0.1, 0.15) is 40.2 Å². The predicted octanol–water partition coefficient (Wildman–Crippen LogP) is 2.08. The molecule has 1 aromatic heterocycles. The number of nitrogens with zero attached hydrogens (tertiary/aromatic N) is 2. The number of aliphatic hydroxyl groups excluding tert-OH is 1. The molecule has 2 aromatic carbocycles. The van der Waals surface area contributed by atoms with E-state index in [0.717, 1.165) is 22.3 Å². The first-order valence-electron chi connectivity index (χ1n) is 11.0. The van der Waals surface area contributed by atoms with Gasteiger partial charge < -0.3 is 25.6 Å². The molecule has 35 heavy (non-hydrogen) atoms. The number of aliphatic hydroxyl groups is 1. The molecule has 1 aliphatic rings. The first kappa shape index (κ1) is 23.8. The van der Waals surface area contributed by atoms with Crippen molar-refractivity contribution < 1.29 is 29.3 Å². The number of carbonyl (C=O) groups is 3. The molecule has 0 fully saturated rings. The average molecular weight is 476 g/mol. The molecule has 0 bridgehead atoms. The summed E-state index contributed by atoms with van der Waals surface area (Å²) in [6.07, 6.45) is 0.507. The summed E-state index contributed by atoms with van der Waals surface area (Å²) < 4.78 is 5.46. The standard InChI is InChI=1S/C25H24N4O6/c1-14(30)22(24(32)33)29-23(31)15-10-26-21(27-11-15)12-28-25(34)35-13-20-18-8-4-2-6-16(18)17-7-3-5-9-19(17)20/h2-11,14,20,22,30H,12-13H2,1H3,(H,28,34)(H,29,31)(H,32,33). The van der Waals surface area contributed by atoms with Gasteiger partial charge >= 0.3 is 12.1 Å². The highest BCUT2D eigenvalue weighted by molar-refractivity contribution is 5.96. The van der Waals surface area contributed by atoms with E-state index in [0.29, 0.717) is 0 Å². The zero-order valence-corrected chi connectivity index (χ0v) is 18.8. The normalized spacial score (nSPS) is 13.8. The van der Waals surface area contributed by atoms with Crippen LogP contribution in [0.25, 0.3) is 11.1 Å². The van der Waals surface area contributed by atoms with Crippen molar-refractivity contribution in [2.75, 3.05) is 6.61 Å². The second kappa shape index (κ2) is 10.3. The Bertz CT molecular complexity index is 1200. The van der Waals surface area contributed by atoms with Gasteiger partial charge in [0.1, 0.15) is 12.4 Å². The number of rotatable bonds is 8. The van der Waals surface area contributed by atoms with Crippen LogP contribution >= 0.6 is 0 Å². The molecule has 10 heteroatoms. The molecule has 2 amide bonds. The number of amides is 2. The molecule has 0 spiro atoms. The second-order valence-corrected chi connectivity index (χ2v) is 8.10. The maximum atomic E-state index is 12.3. The third-order valence-electron chi connectivity index (χ3n) is 5.74. The van der Waals surface area contributed by atoms with E-state index in [4.69, 9.17) is 9.84 Å². The van der Waals surface area contributed by atoms with E-state index in [2.05, 4.69) is 32.7 Å². The third-order valence-corrected chi connectivity index (χ3v) is 5.74. The van der Waals surface area contributed by atoms with Crippen LogP contribution < -0.4 is 10.6 Å². The Morgan fingerprint density at radius 3 is 2.11 bits per heavy atom.